The number of hydrogen-bond donors (Lipinski definition) is 0. The molecule has 110 valence electrons. The van der Waals surface area contributed by atoms with Gasteiger partial charge in [0.2, 0.25) is 5.28 Å². The number of hydrogen-bond acceptors (Lipinski definition) is 2. The molecule has 1 aromatic heterocycles. The standard InChI is InChI=1S/C10H13ClF5N3/c1-2-3-4-5-6-7-17-18-8(11)19(7)10(15,16)9(12,13)14/h2-6H2,1H3. The quantitative estimate of drug-likeness (QED) is 0.583. The molecule has 3 nitrogen and oxygen atoms in total. The molecule has 0 aromatic carbocycles. The summed E-state index contributed by atoms with van der Waals surface area (Å²) < 4.78 is 63.1. The average molecular weight is 306 g/mol. The van der Waals surface area contributed by atoms with Gasteiger partial charge in [0.1, 0.15) is 5.82 Å². The Morgan fingerprint density at radius 1 is 1.05 bits per heavy atom. The van der Waals surface area contributed by atoms with Crippen LogP contribution < -0.4 is 0 Å². The second kappa shape index (κ2) is 6.02. The second-order valence-corrected chi connectivity index (χ2v) is 4.41. The Morgan fingerprint density at radius 2 is 1.68 bits per heavy atom. The maximum Gasteiger partial charge on any atom is 0.475 e. The number of halogens is 6. The zero-order valence-corrected chi connectivity index (χ0v) is 10.9. The minimum absolute atomic E-state index is 0.0224. The van der Waals surface area contributed by atoms with Crippen LogP contribution in [-0.4, -0.2) is 20.9 Å². The summed E-state index contributed by atoms with van der Waals surface area (Å²) in [6.45, 7) is 1.96. The van der Waals surface area contributed by atoms with E-state index in [4.69, 9.17) is 11.6 Å². The normalized spacial score (nSPS) is 13.0. The molecule has 1 rings (SSSR count). The molecule has 0 saturated heterocycles. The van der Waals surface area contributed by atoms with Crippen molar-refractivity contribution in [3.05, 3.63) is 11.1 Å². The Morgan fingerprint density at radius 3 is 2.21 bits per heavy atom. The zero-order valence-electron chi connectivity index (χ0n) is 10.1. The molecule has 0 saturated carbocycles. The van der Waals surface area contributed by atoms with Gasteiger partial charge < -0.3 is 0 Å². The van der Waals surface area contributed by atoms with Gasteiger partial charge >= 0.3 is 12.2 Å². The molecule has 0 radical (unpaired) electrons. The second-order valence-electron chi connectivity index (χ2n) is 4.07. The van der Waals surface area contributed by atoms with Crippen LogP contribution >= 0.6 is 11.6 Å². The van der Waals surface area contributed by atoms with Gasteiger partial charge in [-0.1, -0.05) is 26.2 Å². The Kier molecular flexibility index (Phi) is 5.11. The predicted octanol–water partition coefficient (Wildman–Crippen LogP) is 4.17. The van der Waals surface area contributed by atoms with Crippen LogP contribution in [0.15, 0.2) is 0 Å². The highest BCUT2D eigenvalue weighted by atomic mass is 35.5. The molecule has 9 heteroatoms. The summed E-state index contributed by atoms with van der Waals surface area (Å²) in [5, 5.41) is 5.42. The first-order chi connectivity index (χ1) is 8.71. The van der Waals surface area contributed by atoms with Gasteiger partial charge in [0.05, 0.1) is 0 Å². The molecule has 0 spiro atoms. The fourth-order valence-corrected chi connectivity index (χ4v) is 1.81. The number of nitrogens with zero attached hydrogens (tertiary/aromatic N) is 3. The van der Waals surface area contributed by atoms with E-state index in [0.717, 1.165) is 19.3 Å². The van der Waals surface area contributed by atoms with Crippen LogP contribution in [0.25, 0.3) is 0 Å². The fourth-order valence-electron chi connectivity index (χ4n) is 1.57. The summed E-state index contributed by atoms with van der Waals surface area (Å²) >= 11 is 5.28. The summed E-state index contributed by atoms with van der Waals surface area (Å²) in [7, 11) is 0. The molecule has 0 N–H and O–H groups in total. The molecule has 1 aromatic rings. The average Bonchev–Trinajstić information content (AvgIpc) is 2.65. The van der Waals surface area contributed by atoms with Crippen molar-refractivity contribution in [3.8, 4) is 0 Å². The summed E-state index contributed by atoms with van der Waals surface area (Å²) in [5.41, 5.74) is 0. The van der Waals surface area contributed by atoms with E-state index < -0.39 is 23.3 Å². The lowest BCUT2D eigenvalue weighted by molar-refractivity contribution is -0.324. The molecular formula is C10H13ClF5N3. The molecule has 19 heavy (non-hydrogen) atoms. The lowest BCUT2D eigenvalue weighted by atomic mass is 10.1. The monoisotopic (exact) mass is 305 g/mol. The van der Waals surface area contributed by atoms with E-state index in [1.54, 1.807) is 0 Å². The van der Waals surface area contributed by atoms with Gasteiger partial charge in [0.15, 0.2) is 0 Å². The summed E-state index contributed by atoms with van der Waals surface area (Å²) in [4.78, 5) is 0. The topological polar surface area (TPSA) is 30.7 Å². The van der Waals surface area contributed by atoms with E-state index in [1.165, 1.54) is 0 Å². The van der Waals surface area contributed by atoms with E-state index in [0.29, 0.717) is 6.42 Å². The van der Waals surface area contributed by atoms with Gasteiger partial charge in [-0.05, 0) is 18.0 Å². The maximum absolute atomic E-state index is 13.3. The third kappa shape index (κ3) is 3.55. The lowest BCUT2D eigenvalue weighted by Crippen LogP contribution is -2.40. The molecule has 0 aliphatic heterocycles. The first-order valence-corrected chi connectivity index (χ1v) is 6.14. The lowest BCUT2D eigenvalue weighted by Gasteiger charge is -2.22. The third-order valence-corrected chi connectivity index (χ3v) is 2.81. The van der Waals surface area contributed by atoms with E-state index >= 15 is 0 Å². The maximum atomic E-state index is 13.3. The molecule has 0 fully saturated rings. The molecule has 0 aliphatic rings. The van der Waals surface area contributed by atoms with Crippen LogP contribution in [0.3, 0.4) is 0 Å². The highest BCUT2D eigenvalue weighted by Gasteiger charge is 2.61. The number of alkyl halides is 5. The molecule has 1 heterocycles. The van der Waals surface area contributed by atoms with Gasteiger partial charge in [0.25, 0.3) is 0 Å². The van der Waals surface area contributed by atoms with Crippen LogP contribution in [-0.2, 0) is 12.5 Å². The molecule has 0 unspecified atom stereocenters. The predicted molar refractivity (Wildman–Crippen MR) is 59.1 cm³/mol. The smallest absolute Gasteiger partial charge is 0.232 e. The Balaban J connectivity index is 2.92. The van der Waals surface area contributed by atoms with Crippen molar-refractivity contribution >= 4 is 11.6 Å². The highest BCUT2D eigenvalue weighted by molar-refractivity contribution is 6.28. The van der Waals surface area contributed by atoms with Crippen molar-refractivity contribution in [1.82, 2.24) is 14.8 Å². The van der Waals surface area contributed by atoms with E-state index in [1.807, 2.05) is 6.92 Å². The summed E-state index contributed by atoms with van der Waals surface area (Å²) in [6, 6.07) is -5.10. The summed E-state index contributed by atoms with van der Waals surface area (Å²) in [6.07, 6.45) is -2.79. The van der Waals surface area contributed by atoms with Gasteiger partial charge in [-0.25, -0.2) is 4.57 Å². The fraction of sp³-hybridized carbons (Fsp3) is 0.800. The molecule has 0 bridgehead atoms. The number of aryl methyl sites for hydroxylation is 1. The van der Waals surface area contributed by atoms with E-state index in [9.17, 15) is 22.0 Å². The molecule has 0 amide bonds. The van der Waals surface area contributed by atoms with Crippen molar-refractivity contribution in [3.63, 3.8) is 0 Å². The Hall–Kier alpha value is -0.920. The number of rotatable bonds is 6. The van der Waals surface area contributed by atoms with Gasteiger partial charge in [-0.3, -0.25) is 0 Å². The highest BCUT2D eigenvalue weighted by Crippen LogP contribution is 2.41. The van der Waals surface area contributed by atoms with Crippen LogP contribution in [0.1, 0.15) is 38.4 Å². The van der Waals surface area contributed by atoms with Crippen molar-refractivity contribution in [1.29, 1.82) is 0 Å². The van der Waals surface area contributed by atoms with Crippen molar-refractivity contribution < 1.29 is 22.0 Å². The first-order valence-electron chi connectivity index (χ1n) is 5.76. The molecule has 0 aliphatic carbocycles. The van der Waals surface area contributed by atoms with Crippen LogP contribution in [0.4, 0.5) is 22.0 Å². The Labute approximate surface area is 111 Å². The zero-order chi connectivity index (χ0) is 14.7. The van der Waals surface area contributed by atoms with Crippen LogP contribution in [0.2, 0.25) is 5.28 Å². The van der Waals surface area contributed by atoms with Crippen LogP contribution in [0, 0.1) is 0 Å². The SMILES string of the molecule is CCCCCCc1nnc(Cl)n1C(F)(F)C(F)(F)F. The largest absolute Gasteiger partial charge is 0.475 e. The number of aromatic nitrogens is 3. The van der Waals surface area contributed by atoms with Crippen LogP contribution in [0.5, 0.6) is 0 Å². The summed E-state index contributed by atoms with van der Waals surface area (Å²) in [5.74, 6) is -0.455. The first kappa shape index (κ1) is 16.1. The molecular weight excluding hydrogens is 293 g/mol. The van der Waals surface area contributed by atoms with Gasteiger partial charge in [-0.2, -0.15) is 22.0 Å². The van der Waals surface area contributed by atoms with Crippen molar-refractivity contribution in [2.24, 2.45) is 0 Å². The van der Waals surface area contributed by atoms with E-state index in [2.05, 4.69) is 10.2 Å². The van der Waals surface area contributed by atoms with E-state index in [-0.39, 0.29) is 11.0 Å². The third-order valence-electron chi connectivity index (χ3n) is 2.57. The van der Waals surface area contributed by atoms with Gasteiger partial charge in [0, 0.05) is 6.42 Å². The minimum Gasteiger partial charge on any atom is -0.232 e. The van der Waals surface area contributed by atoms with Crippen molar-refractivity contribution in [2.75, 3.05) is 0 Å². The number of unbranched alkanes of at least 4 members (excludes halogenated alkanes) is 3. The van der Waals surface area contributed by atoms with Crippen molar-refractivity contribution in [2.45, 2.75) is 51.3 Å². The Bertz CT molecular complexity index is 416. The molecule has 0 atom stereocenters. The van der Waals surface area contributed by atoms with Gasteiger partial charge in [-0.15, -0.1) is 10.2 Å². The minimum atomic E-state index is -5.74.